The fourth-order valence-electron chi connectivity index (χ4n) is 2.24. The molecule has 116 valence electrons. The number of benzene rings is 2. The van der Waals surface area contributed by atoms with Gasteiger partial charge in [-0.05, 0) is 50.6 Å². The van der Waals surface area contributed by atoms with E-state index < -0.39 is 0 Å². The molecule has 1 heterocycles. The normalized spacial score (nSPS) is 13.0. The minimum Gasteiger partial charge on any atom is -0.488 e. The Morgan fingerprint density at radius 3 is 2.45 bits per heavy atom. The highest BCUT2D eigenvalue weighted by Crippen LogP contribution is 2.34. The summed E-state index contributed by atoms with van der Waals surface area (Å²) in [5.41, 5.74) is 2.03. The molecule has 2 aromatic rings. The fourth-order valence-corrected chi connectivity index (χ4v) is 2.24. The SMILES string of the molecule is CC(C)(C)Oc1ccc(CNc2ccc3c(c2)OCO3)cc1. The van der Waals surface area contributed by atoms with Gasteiger partial charge in [-0.1, -0.05) is 12.1 Å². The maximum Gasteiger partial charge on any atom is 0.231 e. The highest BCUT2D eigenvalue weighted by molar-refractivity contribution is 5.55. The molecule has 1 aliphatic heterocycles. The Labute approximate surface area is 131 Å². The van der Waals surface area contributed by atoms with Gasteiger partial charge in [0, 0.05) is 18.3 Å². The maximum absolute atomic E-state index is 5.82. The van der Waals surface area contributed by atoms with E-state index in [1.165, 1.54) is 5.56 Å². The van der Waals surface area contributed by atoms with E-state index in [4.69, 9.17) is 14.2 Å². The van der Waals surface area contributed by atoms with E-state index in [0.29, 0.717) is 6.79 Å². The molecule has 0 radical (unpaired) electrons. The van der Waals surface area contributed by atoms with Crippen molar-refractivity contribution in [3.05, 3.63) is 48.0 Å². The highest BCUT2D eigenvalue weighted by Gasteiger charge is 2.13. The summed E-state index contributed by atoms with van der Waals surface area (Å²) < 4.78 is 16.5. The van der Waals surface area contributed by atoms with E-state index >= 15 is 0 Å². The van der Waals surface area contributed by atoms with Gasteiger partial charge in [0.15, 0.2) is 11.5 Å². The van der Waals surface area contributed by atoms with Gasteiger partial charge in [-0.15, -0.1) is 0 Å². The first-order valence-corrected chi connectivity index (χ1v) is 7.41. The second kappa shape index (κ2) is 5.79. The zero-order valence-corrected chi connectivity index (χ0v) is 13.2. The van der Waals surface area contributed by atoms with Crippen LogP contribution in [0.5, 0.6) is 17.2 Å². The third-order valence-corrected chi connectivity index (χ3v) is 3.22. The summed E-state index contributed by atoms with van der Waals surface area (Å²) in [6.45, 7) is 7.18. The summed E-state index contributed by atoms with van der Waals surface area (Å²) in [4.78, 5) is 0. The fraction of sp³-hybridized carbons (Fsp3) is 0.333. The lowest BCUT2D eigenvalue weighted by Crippen LogP contribution is -2.22. The maximum atomic E-state index is 5.82. The minimum absolute atomic E-state index is 0.174. The molecule has 0 atom stereocenters. The van der Waals surface area contributed by atoms with Crippen LogP contribution in [0.4, 0.5) is 5.69 Å². The van der Waals surface area contributed by atoms with Crippen molar-refractivity contribution in [1.29, 1.82) is 0 Å². The number of hydrogen-bond donors (Lipinski definition) is 1. The van der Waals surface area contributed by atoms with Crippen LogP contribution in [0.15, 0.2) is 42.5 Å². The van der Waals surface area contributed by atoms with Crippen LogP contribution in [0.3, 0.4) is 0 Å². The predicted molar refractivity (Wildman–Crippen MR) is 86.7 cm³/mol. The summed E-state index contributed by atoms with van der Waals surface area (Å²) in [7, 11) is 0. The Morgan fingerprint density at radius 2 is 1.73 bits per heavy atom. The lowest BCUT2D eigenvalue weighted by Gasteiger charge is -2.21. The summed E-state index contributed by atoms with van der Waals surface area (Å²) in [5, 5.41) is 3.38. The van der Waals surface area contributed by atoms with Gasteiger partial charge >= 0.3 is 0 Å². The van der Waals surface area contributed by atoms with Crippen molar-refractivity contribution in [2.75, 3.05) is 12.1 Å². The molecule has 0 saturated carbocycles. The lowest BCUT2D eigenvalue weighted by atomic mass is 10.1. The minimum atomic E-state index is -0.174. The monoisotopic (exact) mass is 299 g/mol. The second-order valence-corrected chi connectivity index (χ2v) is 6.28. The summed E-state index contributed by atoms with van der Waals surface area (Å²) in [5.74, 6) is 2.48. The van der Waals surface area contributed by atoms with Crippen LogP contribution in [-0.4, -0.2) is 12.4 Å². The van der Waals surface area contributed by atoms with Crippen molar-refractivity contribution in [2.45, 2.75) is 32.9 Å². The third-order valence-electron chi connectivity index (χ3n) is 3.22. The number of ether oxygens (including phenoxy) is 3. The van der Waals surface area contributed by atoms with Crippen molar-refractivity contribution in [3.8, 4) is 17.2 Å². The van der Waals surface area contributed by atoms with Crippen LogP contribution >= 0.6 is 0 Å². The molecule has 22 heavy (non-hydrogen) atoms. The van der Waals surface area contributed by atoms with Gasteiger partial charge in [-0.3, -0.25) is 0 Å². The average molecular weight is 299 g/mol. The molecule has 0 aromatic heterocycles. The number of rotatable bonds is 4. The third kappa shape index (κ3) is 3.64. The van der Waals surface area contributed by atoms with Crippen molar-refractivity contribution in [1.82, 2.24) is 0 Å². The summed E-state index contributed by atoms with van der Waals surface area (Å²) in [6, 6.07) is 14.0. The lowest BCUT2D eigenvalue weighted by molar-refractivity contribution is 0.131. The van der Waals surface area contributed by atoms with Crippen molar-refractivity contribution in [2.24, 2.45) is 0 Å². The van der Waals surface area contributed by atoms with E-state index in [1.807, 2.05) is 51.1 Å². The van der Waals surface area contributed by atoms with Gasteiger partial charge in [-0.2, -0.15) is 0 Å². The number of fused-ring (bicyclic) bond motifs is 1. The first-order valence-electron chi connectivity index (χ1n) is 7.41. The molecule has 0 fully saturated rings. The Bertz CT molecular complexity index is 644. The molecule has 4 nitrogen and oxygen atoms in total. The van der Waals surface area contributed by atoms with Crippen molar-refractivity contribution >= 4 is 5.69 Å². The average Bonchev–Trinajstić information content (AvgIpc) is 2.92. The van der Waals surface area contributed by atoms with E-state index in [2.05, 4.69) is 17.4 Å². The molecule has 0 bridgehead atoms. The van der Waals surface area contributed by atoms with Crippen LogP contribution in [0, 0.1) is 0 Å². The quantitative estimate of drug-likeness (QED) is 0.918. The molecule has 3 rings (SSSR count). The van der Waals surface area contributed by atoms with Gasteiger partial charge in [-0.25, -0.2) is 0 Å². The van der Waals surface area contributed by atoms with Crippen molar-refractivity contribution in [3.63, 3.8) is 0 Å². The standard InChI is InChI=1S/C18H21NO3/c1-18(2,3)22-15-7-4-13(5-8-15)11-19-14-6-9-16-17(10-14)21-12-20-16/h4-10,19H,11-12H2,1-3H3. The van der Waals surface area contributed by atoms with Gasteiger partial charge in [0.05, 0.1) is 0 Å². The summed E-state index contributed by atoms with van der Waals surface area (Å²) in [6.07, 6.45) is 0. The molecule has 0 aliphatic carbocycles. The van der Waals surface area contributed by atoms with Crippen molar-refractivity contribution < 1.29 is 14.2 Å². The van der Waals surface area contributed by atoms with Gasteiger partial charge < -0.3 is 19.5 Å². The molecule has 0 spiro atoms. The zero-order valence-electron chi connectivity index (χ0n) is 13.2. The predicted octanol–water partition coefficient (Wildman–Crippen LogP) is 4.20. The number of anilines is 1. The largest absolute Gasteiger partial charge is 0.488 e. The van der Waals surface area contributed by atoms with Gasteiger partial charge in [0.1, 0.15) is 11.4 Å². The van der Waals surface area contributed by atoms with Crippen LogP contribution in [0.1, 0.15) is 26.3 Å². The zero-order chi connectivity index (χ0) is 15.6. The van der Waals surface area contributed by atoms with E-state index in [0.717, 1.165) is 29.5 Å². The Morgan fingerprint density at radius 1 is 1.00 bits per heavy atom. The first-order chi connectivity index (χ1) is 10.5. The molecular formula is C18H21NO3. The Balaban J connectivity index is 1.59. The number of nitrogens with one attached hydrogen (secondary N) is 1. The molecule has 0 amide bonds. The summed E-state index contributed by atoms with van der Waals surface area (Å²) >= 11 is 0. The van der Waals surface area contributed by atoms with Crippen LogP contribution in [0.2, 0.25) is 0 Å². The van der Waals surface area contributed by atoms with Crippen LogP contribution < -0.4 is 19.5 Å². The van der Waals surface area contributed by atoms with Crippen LogP contribution in [-0.2, 0) is 6.54 Å². The molecule has 0 saturated heterocycles. The number of hydrogen-bond acceptors (Lipinski definition) is 4. The molecule has 4 heteroatoms. The highest BCUT2D eigenvalue weighted by atomic mass is 16.7. The smallest absolute Gasteiger partial charge is 0.231 e. The van der Waals surface area contributed by atoms with Gasteiger partial charge in [0.25, 0.3) is 0 Å². The topological polar surface area (TPSA) is 39.7 Å². The molecule has 2 aromatic carbocycles. The van der Waals surface area contributed by atoms with Gasteiger partial charge in [0.2, 0.25) is 6.79 Å². The van der Waals surface area contributed by atoms with Crippen LogP contribution in [0.25, 0.3) is 0 Å². The van der Waals surface area contributed by atoms with E-state index in [9.17, 15) is 0 Å². The van der Waals surface area contributed by atoms with E-state index in [1.54, 1.807) is 0 Å². The molecule has 1 aliphatic rings. The Kier molecular flexibility index (Phi) is 3.84. The second-order valence-electron chi connectivity index (χ2n) is 6.28. The molecular weight excluding hydrogens is 278 g/mol. The Hall–Kier alpha value is -2.36. The first kappa shape index (κ1) is 14.6. The molecule has 1 N–H and O–H groups in total. The molecule has 0 unspecified atom stereocenters. The van der Waals surface area contributed by atoms with E-state index in [-0.39, 0.29) is 5.60 Å².